The molecule has 1 aromatic heterocycles. The fraction of sp³-hybridized carbons (Fsp3) is 0.583. The van der Waals surface area contributed by atoms with Gasteiger partial charge in [0.2, 0.25) is 0 Å². The largest absolute Gasteiger partial charge is 0.385 e. The Labute approximate surface area is 102 Å². The molecule has 0 saturated heterocycles. The van der Waals surface area contributed by atoms with Crippen LogP contribution in [0.1, 0.15) is 17.5 Å². The van der Waals surface area contributed by atoms with Gasteiger partial charge in [0.25, 0.3) is 0 Å². The van der Waals surface area contributed by atoms with E-state index in [0.717, 1.165) is 36.5 Å². The fourth-order valence-electron chi connectivity index (χ4n) is 1.65. The highest BCUT2D eigenvalue weighted by Gasteiger charge is 2.06. The topological polar surface area (TPSA) is 25.4 Å². The summed E-state index contributed by atoms with van der Waals surface area (Å²) in [6, 6.07) is 2.09. The third-order valence-electron chi connectivity index (χ3n) is 2.47. The van der Waals surface area contributed by atoms with Crippen LogP contribution < -0.4 is 4.90 Å². The van der Waals surface area contributed by atoms with Gasteiger partial charge in [-0.1, -0.05) is 0 Å². The molecule has 1 aromatic rings. The zero-order valence-electron chi connectivity index (χ0n) is 10.2. The molecule has 0 N–H and O–H groups in total. The number of pyridine rings is 1. The maximum absolute atomic E-state index is 5.76. The summed E-state index contributed by atoms with van der Waals surface area (Å²) >= 11 is 5.76. The lowest BCUT2D eigenvalue weighted by Crippen LogP contribution is -2.21. The molecule has 0 fully saturated rings. The second kappa shape index (κ2) is 6.71. The van der Waals surface area contributed by atoms with Crippen LogP contribution in [0.15, 0.2) is 12.3 Å². The molecular weight excluding hydrogens is 224 g/mol. The maximum Gasteiger partial charge on any atom is 0.131 e. The first kappa shape index (κ1) is 13.3. The van der Waals surface area contributed by atoms with E-state index >= 15 is 0 Å². The number of methoxy groups -OCH3 is 1. The van der Waals surface area contributed by atoms with Crippen LogP contribution in [0.3, 0.4) is 0 Å². The lowest BCUT2D eigenvalue weighted by atomic mass is 10.2. The molecule has 16 heavy (non-hydrogen) atoms. The van der Waals surface area contributed by atoms with Crippen molar-refractivity contribution < 1.29 is 4.74 Å². The minimum atomic E-state index is 0.515. The Bertz CT molecular complexity index is 331. The van der Waals surface area contributed by atoms with E-state index in [1.165, 1.54) is 0 Å². The predicted molar refractivity (Wildman–Crippen MR) is 68.3 cm³/mol. The standard InChI is InChI=1S/C12H19ClN2O/c1-10-7-11(8-13)9-14-12(10)15(2)5-4-6-16-3/h7,9H,4-6,8H2,1-3H3. The van der Waals surface area contributed by atoms with Crippen LogP contribution in [-0.4, -0.2) is 32.3 Å². The van der Waals surface area contributed by atoms with E-state index in [2.05, 4.69) is 22.9 Å². The van der Waals surface area contributed by atoms with Crippen LogP contribution in [0, 0.1) is 6.92 Å². The van der Waals surface area contributed by atoms with Gasteiger partial charge in [-0.15, -0.1) is 11.6 Å². The van der Waals surface area contributed by atoms with Crippen molar-refractivity contribution in [3.05, 3.63) is 23.4 Å². The number of hydrogen-bond acceptors (Lipinski definition) is 3. The first-order valence-corrected chi connectivity index (χ1v) is 5.94. The first-order chi connectivity index (χ1) is 7.69. The molecule has 0 unspecified atom stereocenters. The number of anilines is 1. The number of rotatable bonds is 6. The van der Waals surface area contributed by atoms with Crippen molar-refractivity contribution >= 4 is 17.4 Å². The van der Waals surface area contributed by atoms with E-state index in [0.29, 0.717) is 5.88 Å². The molecule has 0 spiro atoms. The average molecular weight is 243 g/mol. The van der Waals surface area contributed by atoms with Gasteiger partial charge in [-0.2, -0.15) is 0 Å². The maximum atomic E-state index is 5.76. The van der Waals surface area contributed by atoms with Crippen molar-refractivity contribution in [1.29, 1.82) is 0 Å². The molecule has 0 radical (unpaired) electrons. The van der Waals surface area contributed by atoms with Crippen molar-refractivity contribution in [3.63, 3.8) is 0 Å². The Morgan fingerprint density at radius 2 is 2.25 bits per heavy atom. The molecule has 0 aliphatic carbocycles. The third kappa shape index (κ3) is 3.65. The normalized spacial score (nSPS) is 10.5. The van der Waals surface area contributed by atoms with Gasteiger partial charge in [0.1, 0.15) is 5.82 Å². The molecule has 0 amide bonds. The van der Waals surface area contributed by atoms with Crippen molar-refractivity contribution in [1.82, 2.24) is 4.98 Å². The van der Waals surface area contributed by atoms with Crippen molar-refractivity contribution in [3.8, 4) is 0 Å². The summed E-state index contributed by atoms with van der Waals surface area (Å²) in [5.74, 6) is 1.53. The lowest BCUT2D eigenvalue weighted by Gasteiger charge is -2.20. The minimum absolute atomic E-state index is 0.515. The third-order valence-corrected chi connectivity index (χ3v) is 2.77. The fourth-order valence-corrected chi connectivity index (χ4v) is 1.80. The Hall–Kier alpha value is -0.800. The number of halogens is 1. The molecule has 4 heteroatoms. The summed E-state index contributed by atoms with van der Waals surface area (Å²) in [4.78, 5) is 6.57. The molecule has 0 aromatic carbocycles. The van der Waals surface area contributed by atoms with Gasteiger partial charge >= 0.3 is 0 Å². The van der Waals surface area contributed by atoms with Crippen LogP contribution in [-0.2, 0) is 10.6 Å². The van der Waals surface area contributed by atoms with Gasteiger partial charge in [0.15, 0.2) is 0 Å². The molecule has 0 aliphatic heterocycles. The van der Waals surface area contributed by atoms with Gasteiger partial charge < -0.3 is 9.64 Å². The quantitative estimate of drug-likeness (QED) is 0.567. The highest BCUT2D eigenvalue weighted by atomic mass is 35.5. The number of aryl methyl sites for hydroxylation is 1. The molecule has 1 rings (SSSR count). The molecule has 90 valence electrons. The molecule has 0 aliphatic rings. The van der Waals surface area contributed by atoms with E-state index in [4.69, 9.17) is 16.3 Å². The zero-order valence-corrected chi connectivity index (χ0v) is 10.9. The minimum Gasteiger partial charge on any atom is -0.385 e. The monoisotopic (exact) mass is 242 g/mol. The Balaban J connectivity index is 2.64. The lowest BCUT2D eigenvalue weighted by molar-refractivity contribution is 0.196. The summed E-state index contributed by atoms with van der Waals surface area (Å²) in [5, 5.41) is 0. The van der Waals surface area contributed by atoms with Crippen LogP contribution in [0.2, 0.25) is 0 Å². The summed E-state index contributed by atoms with van der Waals surface area (Å²) in [6.45, 7) is 3.79. The second-order valence-corrected chi connectivity index (χ2v) is 4.15. The van der Waals surface area contributed by atoms with Gasteiger partial charge in [-0.05, 0) is 30.5 Å². The summed E-state index contributed by atoms with van der Waals surface area (Å²) in [7, 11) is 3.77. The highest BCUT2D eigenvalue weighted by molar-refractivity contribution is 6.17. The highest BCUT2D eigenvalue weighted by Crippen LogP contribution is 2.17. The van der Waals surface area contributed by atoms with E-state index in [-0.39, 0.29) is 0 Å². The van der Waals surface area contributed by atoms with E-state index in [1.807, 2.05) is 13.2 Å². The predicted octanol–water partition coefficient (Wildman–Crippen LogP) is 2.60. The van der Waals surface area contributed by atoms with E-state index in [1.54, 1.807) is 7.11 Å². The molecule has 3 nitrogen and oxygen atoms in total. The summed E-state index contributed by atoms with van der Waals surface area (Å²) in [5.41, 5.74) is 2.23. The number of alkyl halides is 1. The average Bonchev–Trinajstić information content (AvgIpc) is 2.29. The van der Waals surface area contributed by atoms with E-state index < -0.39 is 0 Å². The van der Waals surface area contributed by atoms with E-state index in [9.17, 15) is 0 Å². The number of nitrogens with zero attached hydrogens (tertiary/aromatic N) is 2. The van der Waals surface area contributed by atoms with Gasteiger partial charge in [-0.3, -0.25) is 0 Å². The summed E-state index contributed by atoms with van der Waals surface area (Å²) < 4.78 is 5.03. The Morgan fingerprint density at radius 1 is 1.50 bits per heavy atom. The number of hydrogen-bond donors (Lipinski definition) is 0. The van der Waals surface area contributed by atoms with Crippen LogP contribution in [0.5, 0.6) is 0 Å². The van der Waals surface area contributed by atoms with Gasteiger partial charge in [0, 0.05) is 39.4 Å². The SMILES string of the molecule is COCCCN(C)c1ncc(CCl)cc1C. The van der Waals surface area contributed by atoms with Gasteiger partial charge in [-0.25, -0.2) is 4.98 Å². The van der Waals surface area contributed by atoms with Crippen molar-refractivity contribution in [2.45, 2.75) is 19.2 Å². The second-order valence-electron chi connectivity index (χ2n) is 3.89. The van der Waals surface area contributed by atoms with Crippen molar-refractivity contribution in [2.24, 2.45) is 0 Å². The Kier molecular flexibility index (Phi) is 5.56. The number of aromatic nitrogens is 1. The van der Waals surface area contributed by atoms with Gasteiger partial charge in [0.05, 0.1) is 0 Å². The van der Waals surface area contributed by atoms with Crippen molar-refractivity contribution in [2.75, 3.05) is 32.2 Å². The molecule has 0 bridgehead atoms. The molecular formula is C12H19ClN2O. The smallest absolute Gasteiger partial charge is 0.131 e. The molecule has 0 atom stereocenters. The Morgan fingerprint density at radius 3 is 2.81 bits per heavy atom. The van der Waals surface area contributed by atoms with Crippen LogP contribution in [0.25, 0.3) is 0 Å². The van der Waals surface area contributed by atoms with Crippen LogP contribution in [0.4, 0.5) is 5.82 Å². The first-order valence-electron chi connectivity index (χ1n) is 5.40. The molecule has 1 heterocycles. The summed E-state index contributed by atoms with van der Waals surface area (Å²) in [6.07, 6.45) is 2.84. The number of ether oxygens (including phenoxy) is 1. The molecule has 0 saturated carbocycles. The zero-order chi connectivity index (χ0) is 12.0. The van der Waals surface area contributed by atoms with Crippen LogP contribution >= 0.6 is 11.6 Å².